The molecule has 0 amide bonds. The van der Waals surface area contributed by atoms with E-state index in [0.29, 0.717) is 23.0 Å². The summed E-state index contributed by atoms with van der Waals surface area (Å²) in [5.74, 6) is 0. The molecule has 0 fully saturated rings. The average Bonchev–Trinajstić information content (AvgIpc) is 2.67. The standard InChI is InChI=1S/C20H13NO4/c22-12-14-1-4-16(5-2-14)17-6-8-18(9-7-17)19-10-3-15(13-23)11-20(19)21(24)25/h1-13H. The first kappa shape index (κ1) is 16.3. The van der Waals surface area contributed by atoms with Crippen LogP contribution in [0.2, 0.25) is 0 Å². The van der Waals surface area contributed by atoms with Crippen molar-refractivity contribution in [2.45, 2.75) is 0 Å². The second kappa shape index (κ2) is 6.88. The molecule has 0 saturated heterocycles. The van der Waals surface area contributed by atoms with Gasteiger partial charge in [0.2, 0.25) is 0 Å². The molecule has 25 heavy (non-hydrogen) atoms. The zero-order valence-electron chi connectivity index (χ0n) is 13.1. The Morgan fingerprint density at radius 3 is 1.68 bits per heavy atom. The Hall–Kier alpha value is -3.60. The van der Waals surface area contributed by atoms with Crippen molar-refractivity contribution < 1.29 is 14.5 Å². The van der Waals surface area contributed by atoms with Gasteiger partial charge in [-0.3, -0.25) is 19.7 Å². The normalized spacial score (nSPS) is 10.2. The van der Waals surface area contributed by atoms with Crippen molar-refractivity contribution in [3.05, 3.63) is 88.0 Å². The van der Waals surface area contributed by atoms with Crippen molar-refractivity contribution >= 4 is 18.3 Å². The van der Waals surface area contributed by atoms with Gasteiger partial charge in [0.25, 0.3) is 5.69 Å². The molecule has 0 bridgehead atoms. The second-order valence-corrected chi connectivity index (χ2v) is 5.47. The summed E-state index contributed by atoms with van der Waals surface area (Å²) in [5.41, 5.74) is 3.80. The highest BCUT2D eigenvalue weighted by Gasteiger charge is 2.16. The van der Waals surface area contributed by atoms with Crippen LogP contribution in [0.4, 0.5) is 5.69 Å². The molecule has 0 atom stereocenters. The number of nitro groups is 1. The summed E-state index contributed by atoms with van der Waals surface area (Å²) >= 11 is 0. The Labute approximate surface area is 143 Å². The Balaban J connectivity index is 1.98. The molecule has 122 valence electrons. The van der Waals surface area contributed by atoms with Crippen LogP contribution in [0.25, 0.3) is 22.3 Å². The van der Waals surface area contributed by atoms with Gasteiger partial charge in [-0.1, -0.05) is 54.6 Å². The minimum absolute atomic E-state index is 0.104. The molecule has 0 aliphatic carbocycles. The lowest BCUT2D eigenvalue weighted by Gasteiger charge is -2.06. The maximum absolute atomic E-state index is 11.3. The van der Waals surface area contributed by atoms with E-state index in [9.17, 15) is 19.7 Å². The number of benzene rings is 3. The summed E-state index contributed by atoms with van der Waals surface area (Å²) in [4.78, 5) is 32.3. The highest BCUT2D eigenvalue weighted by molar-refractivity contribution is 5.83. The highest BCUT2D eigenvalue weighted by Crippen LogP contribution is 2.32. The van der Waals surface area contributed by atoms with Gasteiger partial charge in [0.05, 0.1) is 10.5 Å². The van der Waals surface area contributed by atoms with Crippen LogP contribution in [0.3, 0.4) is 0 Å². The van der Waals surface area contributed by atoms with E-state index in [0.717, 1.165) is 17.4 Å². The minimum atomic E-state index is -0.492. The number of carbonyl (C=O) groups is 2. The van der Waals surface area contributed by atoms with Crippen molar-refractivity contribution in [3.8, 4) is 22.3 Å². The topological polar surface area (TPSA) is 77.3 Å². The first-order valence-electron chi connectivity index (χ1n) is 7.52. The van der Waals surface area contributed by atoms with Crippen molar-refractivity contribution in [1.29, 1.82) is 0 Å². The maximum atomic E-state index is 11.3. The maximum Gasteiger partial charge on any atom is 0.277 e. The Morgan fingerprint density at radius 2 is 1.16 bits per heavy atom. The summed E-state index contributed by atoms with van der Waals surface area (Å²) in [5, 5.41) is 11.3. The molecule has 0 heterocycles. The molecular weight excluding hydrogens is 318 g/mol. The lowest BCUT2D eigenvalue weighted by molar-refractivity contribution is -0.384. The highest BCUT2D eigenvalue weighted by atomic mass is 16.6. The summed E-state index contributed by atoms with van der Waals surface area (Å²) in [7, 11) is 0. The number of hydrogen-bond donors (Lipinski definition) is 0. The van der Waals surface area contributed by atoms with Gasteiger partial charge in [-0.05, 0) is 22.8 Å². The molecule has 0 unspecified atom stereocenters. The molecule has 0 saturated carbocycles. The minimum Gasteiger partial charge on any atom is -0.298 e. The lowest BCUT2D eigenvalue weighted by Crippen LogP contribution is -1.94. The molecule has 3 aromatic rings. The van der Waals surface area contributed by atoms with Gasteiger partial charge in [0.1, 0.15) is 12.6 Å². The second-order valence-electron chi connectivity index (χ2n) is 5.47. The molecule has 3 rings (SSSR count). The van der Waals surface area contributed by atoms with Crippen LogP contribution in [0.5, 0.6) is 0 Å². The van der Waals surface area contributed by atoms with E-state index >= 15 is 0 Å². The largest absolute Gasteiger partial charge is 0.298 e. The molecule has 0 radical (unpaired) electrons. The van der Waals surface area contributed by atoms with Crippen molar-refractivity contribution in [3.63, 3.8) is 0 Å². The molecule has 0 aliphatic rings. The van der Waals surface area contributed by atoms with E-state index in [1.807, 2.05) is 24.3 Å². The molecule has 5 nitrogen and oxygen atoms in total. The lowest BCUT2D eigenvalue weighted by atomic mass is 9.98. The number of nitro benzene ring substituents is 1. The number of carbonyl (C=O) groups excluding carboxylic acids is 2. The van der Waals surface area contributed by atoms with Gasteiger partial charge in [0.15, 0.2) is 0 Å². The quantitative estimate of drug-likeness (QED) is 0.390. The third-order valence-electron chi connectivity index (χ3n) is 3.93. The molecular formula is C20H13NO4. The van der Waals surface area contributed by atoms with E-state index in [-0.39, 0.29) is 11.3 Å². The fraction of sp³-hybridized carbons (Fsp3) is 0. The first-order chi connectivity index (χ1) is 12.1. The van der Waals surface area contributed by atoms with E-state index in [4.69, 9.17) is 0 Å². The van der Waals surface area contributed by atoms with Crippen molar-refractivity contribution in [2.75, 3.05) is 0 Å². The van der Waals surface area contributed by atoms with Crippen LogP contribution in [0, 0.1) is 10.1 Å². The van der Waals surface area contributed by atoms with Gasteiger partial charge in [-0.25, -0.2) is 0 Å². The Morgan fingerprint density at radius 1 is 0.680 bits per heavy atom. The van der Waals surface area contributed by atoms with Crippen LogP contribution in [0.1, 0.15) is 20.7 Å². The van der Waals surface area contributed by atoms with E-state index in [2.05, 4.69) is 0 Å². The number of hydrogen-bond acceptors (Lipinski definition) is 4. The summed E-state index contributed by atoms with van der Waals surface area (Å²) in [6.07, 6.45) is 1.37. The predicted molar refractivity (Wildman–Crippen MR) is 94.7 cm³/mol. The van der Waals surface area contributed by atoms with Gasteiger partial charge in [-0.2, -0.15) is 0 Å². The van der Waals surface area contributed by atoms with Gasteiger partial charge in [0, 0.05) is 17.2 Å². The van der Waals surface area contributed by atoms with Crippen LogP contribution in [-0.4, -0.2) is 17.5 Å². The monoisotopic (exact) mass is 331 g/mol. The van der Waals surface area contributed by atoms with Crippen LogP contribution in [-0.2, 0) is 0 Å². The van der Waals surface area contributed by atoms with Crippen LogP contribution < -0.4 is 0 Å². The number of rotatable bonds is 5. The van der Waals surface area contributed by atoms with E-state index in [1.165, 1.54) is 6.07 Å². The van der Waals surface area contributed by atoms with Gasteiger partial charge < -0.3 is 0 Å². The molecule has 3 aromatic carbocycles. The fourth-order valence-corrected chi connectivity index (χ4v) is 2.61. The SMILES string of the molecule is O=Cc1ccc(-c2ccc(-c3ccc(C=O)cc3[N+](=O)[O-])cc2)cc1. The van der Waals surface area contributed by atoms with Crippen LogP contribution >= 0.6 is 0 Å². The molecule has 0 aromatic heterocycles. The van der Waals surface area contributed by atoms with Gasteiger partial charge in [-0.15, -0.1) is 0 Å². The Kier molecular flexibility index (Phi) is 4.48. The zero-order valence-corrected chi connectivity index (χ0v) is 13.1. The van der Waals surface area contributed by atoms with Gasteiger partial charge >= 0.3 is 0 Å². The predicted octanol–water partition coefficient (Wildman–Crippen LogP) is 4.55. The van der Waals surface area contributed by atoms with Crippen molar-refractivity contribution in [2.24, 2.45) is 0 Å². The number of aldehydes is 2. The van der Waals surface area contributed by atoms with E-state index < -0.39 is 4.92 Å². The zero-order chi connectivity index (χ0) is 17.8. The summed E-state index contributed by atoms with van der Waals surface area (Å²) in [6.45, 7) is 0. The third kappa shape index (κ3) is 3.35. The molecule has 0 N–H and O–H groups in total. The third-order valence-corrected chi connectivity index (χ3v) is 3.93. The summed E-state index contributed by atoms with van der Waals surface area (Å²) < 4.78 is 0. The average molecular weight is 331 g/mol. The van der Waals surface area contributed by atoms with Crippen LogP contribution in [0.15, 0.2) is 66.7 Å². The van der Waals surface area contributed by atoms with E-state index in [1.54, 1.807) is 36.4 Å². The van der Waals surface area contributed by atoms with Crippen molar-refractivity contribution in [1.82, 2.24) is 0 Å². The molecule has 0 spiro atoms. The smallest absolute Gasteiger partial charge is 0.277 e. The molecule has 0 aliphatic heterocycles. The first-order valence-corrected chi connectivity index (χ1v) is 7.52. The number of nitrogens with zero attached hydrogens (tertiary/aromatic N) is 1. The Bertz CT molecular complexity index is 944. The fourth-order valence-electron chi connectivity index (χ4n) is 2.61. The summed E-state index contributed by atoms with van der Waals surface area (Å²) in [6, 6.07) is 18.9. The molecule has 5 heteroatoms.